The molecule has 23 heavy (non-hydrogen) atoms. The Bertz CT molecular complexity index is 791. The molecule has 0 fully saturated rings. The van der Waals surface area contributed by atoms with Crippen LogP contribution >= 0.6 is 0 Å². The van der Waals surface area contributed by atoms with Crippen LogP contribution in [0.15, 0.2) is 48.2 Å². The van der Waals surface area contributed by atoms with Gasteiger partial charge in [-0.2, -0.15) is 5.26 Å². The van der Waals surface area contributed by atoms with E-state index in [2.05, 4.69) is 0 Å². The lowest BCUT2D eigenvalue weighted by Gasteiger charge is -2.35. The lowest BCUT2D eigenvalue weighted by Crippen LogP contribution is -2.24. The first kappa shape index (κ1) is 14.9. The van der Waals surface area contributed by atoms with Crippen LogP contribution in [0, 0.1) is 16.5 Å². The molecular weight excluding hydrogens is 296 g/mol. The minimum atomic E-state index is -0.797. The van der Waals surface area contributed by atoms with E-state index in [1.165, 1.54) is 7.11 Å². The van der Waals surface area contributed by atoms with E-state index >= 15 is 0 Å². The molecule has 1 atom stereocenters. The molecule has 6 nitrogen and oxygen atoms in total. The highest BCUT2D eigenvalue weighted by molar-refractivity contribution is 5.67. The van der Waals surface area contributed by atoms with E-state index in [1.807, 2.05) is 6.07 Å². The summed E-state index contributed by atoms with van der Waals surface area (Å²) in [6.45, 7) is 0. The van der Waals surface area contributed by atoms with E-state index < -0.39 is 6.10 Å². The third-order valence-electron chi connectivity index (χ3n) is 3.60. The fourth-order valence-electron chi connectivity index (χ4n) is 2.47. The average molecular weight is 309 g/mol. The predicted octanol–water partition coefficient (Wildman–Crippen LogP) is 3.23. The predicted molar refractivity (Wildman–Crippen MR) is 82.5 cm³/mol. The number of benzene rings is 2. The minimum Gasteiger partial charge on any atom is -0.734 e. The van der Waals surface area contributed by atoms with Gasteiger partial charge in [-0.1, -0.05) is 24.3 Å². The molecule has 0 bridgehead atoms. The second-order valence-electron chi connectivity index (χ2n) is 4.95. The quantitative estimate of drug-likeness (QED) is 0.876. The number of fused-ring (bicyclic) bond motifs is 1. The summed E-state index contributed by atoms with van der Waals surface area (Å²) >= 11 is 0. The zero-order valence-corrected chi connectivity index (χ0v) is 12.3. The van der Waals surface area contributed by atoms with Gasteiger partial charge < -0.3 is 19.9 Å². The summed E-state index contributed by atoms with van der Waals surface area (Å²) in [6, 6.07) is 13.9. The van der Waals surface area contributed by atoms with E-state index in [0.29, 0.717) is 28.2 Å². The van der Waals surface area contributed by atoms with Crippen molar-refractivity contribution < 1.29 is 14.7 Å². The summed E-state index contributed by atoms with van der Waals surface area (Å²) in [5.41, 5.74) is 1.83. The van der Waals surface area contributed by atoms with E-state index in [0.717, 1.165) is 0 Å². The van der Waals surface area contributed by atoms with Gasteiger partial charge in [-0.25, -0.2) is 0 Å². The fraction of sp³-hybridized carbons (Fsp3) is 0.118. The first-order valence-corrected chi connectivity index (χ1v) is 6.85. The average Bonchev–Trinajstić information content (AvgIpc) is 2.60. The molecule has 0 radical (unpaired) electrons. The van der Waals surface area contributed by atoms with Gasteiger partial charge in [-0.05, 0) is 29.8 Å². The standard InChI is InChI=1S/C17H13N2O4/c1-22-15-4-2-3-13-9-14(19(20)21)16(23-17(13)15)12-7-5-11(10-18)6-8-12/h2-9,16,20H,1H3/q-1. The van der Waals surface area contributed by atoms with Gasteiger partial charge in [0.05, 0.1) is 24.4 Å². The summed E-state index contributed by atoms with van der Waals surface area (Å²) < 4.78 is 11.2. The van der Waals surface area contributed by atoms with Crippen LogP contribution in [0.2, 0.25) is 0 Å². The van der Waals surface area contributed by atoms with Crippen molar-refractivity contribution >= 4 is 6.08 Å². The topological polar surface area (TPSA) is 88.8 Å². The molecule has 1 N–H and O–H groups in total. The van der Waals surface area contributed by atoms with Gasteiger partial charge in [0.1, 0.15) is 0 Å². The Labute approximate surface area is 132 Å². The molecular formula is C17H13N2O4-. The normalized spacial score (nSPS) is 15.7. The lowest BCUT2D eigenvalue weighted by atomic mass is 10.00. The summed E-state index contributed by atoms with van der Waals surface area (Å²) in [5.74, 6) is 1.03. The molecule has 3 rings (SSSR count). The van der Waals surface area contributed by atoms with E-state index in [4.69, 9.17) is 14.7 Å². The highest BCUT2D eigenvalue weighted by atomic mass is 16.8. The Kier molecular flexibility index (Phi) is 3.89. The molecule has 2 aromatic carbocycles. The molecule has 1 heterocycles. The minimum absolute atomic E-state index is 0.0514. The van der Waals surface area contributed by atoms with Crippen molar-refractivity contribution in [1.29, 1.82) is 5.26 Å². The Morgan fingerprint density at radius 1 is 1.26 bits per heavy atom. The number of hydrogen-bond acceptors (Lipinski definition) is 6. The molecule has 0 aliphatic carbocycles. The second kappa shape index (κ2) is 6.01. The van der Waals surface area contributed by atoms with Gasteiger partial charge in [0, 0.05) is 5.56 Å². The van der Waals surface area contributed by atoms with Crippen LogP contribution in [0.1, 0.15) is 22.8 Å². The Morgan fingerprint density at radius 3 is 2.61 bits per heavy atom. The summed E-state index contributed by atoms with van der Waals surface area (Å²) in [7, 11) is 1.53. The second-order valence-corrected chi connectivity index (χ2v) is 4.95. The van der Waals surface area contributed by atoms with Crippen molar-refractivity contribution in [2.75, 3.05) is 7.11 Å². The number of ether oxygens (including phenoxy) is 2. The van der Waals surface area contributed by atoms with E-state index in [1.54, 1.807) is 48.5 Å². The van der Waals surface area contributed by atoms with Crippen LogP contribution in [0.3, 0.4) is 0 Å². The van der Waals surface area contributed by atoms with Crippen LogP contribution in [0.5, 0.6) is 11.5 Å². The molecule has 2 aromatic rings. The zero-order chi connectivity index (χ0) is 16.4. The molecule has 0 aromatic heterocycles. The van der Waals surface area contributed by atoms with Crippen molar-refractivity contribution in [2.24, 2.45) is 0 Å². The largest absolute Gasteiger partial charge is 0.734 e. The first-order chi connectivity index (χ1) is 11.1. The van der Waals surface area contributed by atoms with Crippen molar-refractivity contribution in [3.8, 4) is 17.6 Å². The number of para-hydroxylation sites is 1. The Balaban J connectivity index is 2.08. The fourth-order valence-corrected chi connectivity index (χ4v) is 2.47. The number of hydrogen-bond donors (Lipinski definition) is 1. The van der Waals surface area contributed by atoms with E-state index in [-0.39, 0.29) is 10.9 Å². The summed E-state index contributed by atoms with van der Waals surface area (Å²) in [6.07, 6.45) is 0.756. The van der Waals surface area contributed by atoms with Gasteiger partial charge in [-0.3, -0.25) is 5.21 Å². The van der Waals surface area contributed by atoms with Crippen LogP contribution in [-0.4, -0.2) is 17.5 Å². The monoisotopic (exact) mass is 309 g/mol. The molecule has 0 spiro atoms. The molecule has 0 saturated heterocycles. The van der Waals surface area contributed by atoms with Gasteiger partial charge in [0.25, 0.3) is 0 Å². The van der Waals surface area contributed by atoms with Gasteiger partial charge in [0.2, 0.25) is 0 Å². The Hall–Kier alpha value is -3.01. The Morgan fingerprint density at radius 2 is 2.00 bits per heavy atom. The summed E-state index contributed by atoms with van der Waals surface area (Å²) in [4.78, 5) is 0. The first-order valence-electron chi connectivity index (χ1n) is 6.85. The number of nitrogens with zero attached hydrogens (tertiary/aromatic N) is 2. The maximum absolute atomic E-state index is 11.5. The third-order valence-corrected chi connectivity index (χ3v) is 3.60. The number of nitriles is 1. The number of methoxy groups -OCH3 is 1. The molecule has 116 valence electrons. The van der Waals surface area contributed by atoms with Crippen molar-refractivity contribution in [1.82, 2.24) is 5.23 Å². The van der Waals surface area contributed by atoms with Gasteiger partial charge in [0.15, 0.2) is 17.6 Å². The van der Waals surface area contributed by atoms with Crippen LogP contribution < -0.4 is 9.47 Å². The maximum atomic E-state index is 11.5. The lowest BCUT2D eigenvalue weighted by molar-refractivity contribution is -0.0247. The number of rotatable bonds is 3. The highest BCUT2D eigenvalue weighted by Gasteiger charge is 2.27. The summed E-state index contributed by atoms with van der Waals surface area (Å²) in [5, 5.41) is 29.6. The smallest absolute Gasteiger partial charge is 0.169 e. The number of hydroxylamine groups is 2. The highest BCUT2D eigenvalue weighted by Crippen LogP contribution is 2.43. The molecule has 1 unspecified atom stereocenters. The molecule has 1 aliphatic heterocycles. The van der Waals surface area contributed by atoms with Crippen LogP contribution in [0.4, 0.5) is 0 Å². The van der Waals surface area contributed by atoms with Gasteiger partial charge >= 0.3 is 0 Å². The zero-order valence-electron chi connectivity index (χ0n) is 12.3. The van der Waals surface area contributed by atoms with Gasteiger partial charge in [-0.15, -0.1) is 0 Å². The maximum Gasteiger partial charge on any atom is 0.169 e. The van der Waals surface area contributed by atoms with Crippen molar-refractivity contribution in [2.45, 2.75) is 6.10 Å². The third kappa shape index (κ3) is 2.71. The molecule has 6 heteroatoms. The SMILES string of the molecule is COc1cccc2c1OC(c1ccc(C#N)cc1)C(N([O-])O)=C2. The molecule has 0 saturated carbocycles. The van der Waals surface area contributed by atoms with Crippen molar-refractivity contribution in [3.63, 3.8) is 0 Å². The molecule has 0 amide bonds. The van der Waals surface area contributed by atoms with Crippen LogP contribution in [-0.2, 0) is 0 Å². The molecule has 1 aliphatic rings. The van der Waals surface area contributed by atoms with Crippen LogP contribution in [0.25, 0.3) is 6.08 Å². The van der Waals surface area contributed by atoms with E-state index in [9.17, 15) is 10.4 Å². The van der Waals surface area contributed by atoms with Crippen molar-refractivity contribution in [3.05, 3.63) is 70.1 Å².